The summed E-state index contributed by atoms with van der Waals surface area (Å²) in [6.45, 7) is 2.20. The maximum atomic E-state index is 13.0. The minimum absolute atomic E-state index is 0.00916. The predicted molar refractivity (Wildman–Crippen MR) is 131 cm³/mol. The lowest BCUT2D eigenvalue weighted by Gasteiger charge is -2.22. The van der Waals surface area contributed by atoms with Crippen molar-refractivity contribution < 1.29 is 4.79 Å². The molecule has 7 heteroatoms. The fraction of sp³-hybridized carbons (Fsp3) is 0.400. The number of hydrogen-bond acceptors (Lipinski definition) is 5. The molecule has 166 valence electrons. The topological polar surface area (TPSA) is 67.2 Å². The largest absolute Gasteiger partial charge is 0.372 e. The van der Waals surface area contributed by atoms with Gasteiger partial charge in [-0.2, -0.15) is 0 Å². The molecule has 3 aromatic rings. The molecule has 1 N–H and O–H groups in total. The van der Waals surface area contributed by atoms with Crippen LogP contribution in [0.2, 0.25) is 0 Å². The molecule has 5 rings (SSSR count). The highest BCUT2D eigenvalue weighted by atomic mass is 32.2. The average Bonchev–Trinajstić information content (AvgIpc) is 3.66. The minimum atomic E-state index is -0.0951. The molecule has 0 radical (unpaired) electrons. The lowest BCUT2D eigenvalue weighted by Crippen LogP contribution is -2.24. The van der Waals surface area contributed by atoms with Crippen LogP contribution in [-0.4, -0.2) is 34.3 Å². The Morgan fingerprint density at radius 3 is 2.44 bits per heavy atom. The van der Waals surface area contributed by atoms with Crippen molar-refractivity contribution in [3.63, 3.8) is 0 Å². The first-order chi connectivity index (χ1) is 15.7. The molecule has 0 spiro atoms. The van der Waals surface area contributed by atoms with Crippen LogP contribution in [0.25, 0.3) is 10.9 Å². The number of fused-ring (bicyclic) bond motifs is 1. The molecule has 32 heavy (non-hydrogen) atoms. The summed E-state index contributed by atoms with van der Waals surface area (Å²) in [5.41, 5.74) is 2.68. The Morgan fingerprint density at radius 1 is 1.00 bits per heavy atom. The van der Waals surface area contributed by atoms with Gasteiger partial charge in [0.1, 0.15) is 0 Å². The molecule has 1 saturated carbocycles. The predicted octanol–water partition coefficient (Wildman–Crippen LogP) is 4.84. The lowest BCUT2D eigenvalue weighted by atomic mass is 10.2. The number of carbonyl (C=O) groups excluding carboxylic acids is 1. The third kappa shape index (κ3) is 4.67. The van der Waals surface area contributed by atoms with Gasteiger partial charge in [-0.1, -0.05) is 36.7 Å². The van der Waals surface area contributed by atoms with Gasteiger partial charge in [0.05, 0.1) is 16.7 Å². The van der Waals surface area contributed by atoms with Gasteiger partial charge in [-0.25, -0.2) is 4.98 Å². The van der Waals surface area contributed by atoms with Crippen LogP contribution in [-0.2, 0) is 4.79 Å². The quantitative estimate of drug-likeness (QED) is 0.432. The number of thioether (sulfide) groups is 1. The number of nitrogens with one attached hydrogen (secondary N) is 1. The van der Waals surface area contributed by atoms with Crippen molar-refractivity contribution in [1.29, 1.82) is 0 Å². The zero-order chi connectivity index (χ0) is 21.9. The number of para-hydroxylation sites is 1. The maximum Gasteiger partial charge on any atom is 0.262 e. The summed E-state index contributed by atoms with van der Waals surface area (Å²) in [6, 6.07) is 15.7. The van der Waals surface area contributed by atoms with Crippen LogP contribution < -0.4 is 15.8 Å². The van der Waals surface area contributed by atoms with Crippen LogP contribution in [0.15, 0.2) is 58.5 Å². The number of rotatable bonds is 6. The first kappa shape index (κ1) is 21.1. The molecule has 1 saturated heterocycles. The van der Waals surface area contributed by atoms with Crippen LogP contribution >= 0.6 is 11.8 Å². The third-order valence-electron chi connectivity index (χ3n) is 6.14. The van der Waals surface area contributed by atoms with Gasteiger partial charge in [0.25, 0.3) is 5.56 Å². The first-order valence-corrected chi connectivity index (χ1v) is 12.5. The Labute approximate surface area is 192 Å². The zero-order valence-electron chi connectivity index (χ0n) is 18.1. The molecule has 2 heterocycles. The van der Waals surface area contributed by atoms with Gasteiger partial charge >= 0.3 is 0 Å². The summed E-state index contributed by atoms with van der Waals surface area (Å²) >= 11 is 1.33. The molecule has 1 amide bonds. The molecule has 2 fully saturated rings. The molecule has 1 aliphatic carbocycles. The summed E-state index contributed by atoms with van der Waals surface area (Å²) in [7, 11) is 0. The molecule has 2 aliphatic rings. The van der Waals surface area contributed by atoms with Crippen LogP contribution in [0.5, 0.6) is 0 Å². The van der Waals surface area contributed by atoms with E-state index in [1.807, 2.05) is 36.4 Å². The summed E-state index contributed by atoms with van der Waals surface area (Å²) in [4.78, 5) is 32.7. The minimum Gasteiger partial charge on any atom is -0.372 e. The van der Waals surface area contributed by atoms with E-state index < -0.39 is 0 Å². The zero-order valence-corrected chi connectivity index (χ0v) is 18.9. The highest BCUT2D eigenvalue weighted by Gasteiger charge is 2.28. The van der Waals surface area contributed by atoms with E-state index in [2.05, 4.69) is 27.3 Å². The van der Waals surface area contributed by atoms with Crippen LogP contribution in [0.4, 0.5) is 11.4 Å². The molecule has 1 aliphatic heterocycles. The maximum absolute atomic E-state index is 13.0. The molecule has 0 atom stereocenters. The van der Waals surface area contributed by atoms with Gasteiger partial charge < -0.3 is 10.2 Å². The van der Waals surface area contributed by atoms with Crippen LogP contribution in [0.3, 0.4) is 0 Å². The van der Waals surface area contributed by atoms with E-state index in [0.29, 0.717) is 16.1 Å². The molecular formula is C25H28N4O2S. The molecular weight excluding hydrogens is 420 g/mol. The Balaban J connectivity index is 1.25. The number of hydrogen-bond donors (Lipinski definition) is 1. The standard InChI is InChI=1S/C25H28N4O2S/c30-23(26-18-9-11-19(12-10-18)28-15-5-1-2-6-16-28)17-32-25-27-22-8-4-3-7-21(22)24(31)29(25)20-13-14-20/h3-4,7-12,20H,1-2,5-6,13-17H2,(H,26,30). The van der Waals surface area contributed by atoms with Crippen LogP contribution in [0, 0.1) is 0 Å². The molecule has 2 aromatic carbocycles. The van der Waals surface area contributed by atoms with Crippen molar-refractivity contribution in [3.05, 3.63) is 58.9 Å². The van der Waals surface area contributed by atoms with Gasteiger partial charge in [-0.3, -0.25) is 14.2 Å². The molecule has 0 unspecified atom stereocenters. The van der Waals surface area contributed by atoms with Crippen molar-refractivity contribution in [3.8, 4) is 0 Å². The number of nitrogens with zero attached hydrogens (tertiary/aromatic N) is 3. The Bertz CT molecular complexity index is 1160. The number of anilines is 2. The highest BCUT2D eigenvalue weighted by Crippen LogP contribution is 2.36. The van der Waals surface area contributed by atoms with E-state index in [4.69, 9.17) is 0 Å². The molecule has 6 nitrogen and oxygen atoms in total. The van der Waals surface area contributed by atoms with E-state index in [1.165, 1.54) is 43.1 Å². The van der Waals surface area contributed by atoms with Crippen molar-refractivity contribution in [2.75, 3.05) is 29.1 Å². The second kappa shape index (κ2) is 9.36. The van der Waals surface area contributed by atoms with Crippen molar-refractivity contribution in [1.82, 2.24) is 9.55 Å². The van der Waals surface area contributed by atoms with Crippen LogP contribution in [0.1, 0.15) is 44.6 Å². The second-order valence-corrected chi connectivity index (χ2v) is 9.55. The molecule has 1 aromatic heterocycles. The molecule has 0 bridgehead atoms. The summed E-state index contributed by atoms with van der Waals surface area (Å²) in [6.07, 6.45) is 7.08. The van der Waals surface area contributed by atoms with Gasteiger partial charge in [-0.15, -0.1) is 0 Å². The normalized spacial score (nSPS) is 16.7. The Hall–Kier alpha value is -2.80. The smallest absolute Gasteiger partial charge is 0.262 e. The number of amides is 1. The van der Waals surface area contributed by atoms with E-state index in [9.17, 15) is 9.59 Å². The fourth-order valence-electron chi connectivity index (χ4n) is 4.29. The Kier molecular flexibility index (Phi) is 6.17. The van der Waals surface area contributed by atoms with Gasteiger partial charge in [0.2, 0.25) is 5.91 Å². The monoisotopic (exact) mass is 448 g/mol. The van der Waals surface area contributed by atoms with Gasteiger partial charge in [-0.05, 0) is 62.1 Å². The lowest BCUT2D eigenvalue weighted by molar-refractivity contribution is -0.113. The number of benzene rings is 2. The SMILES string of the molecule is O=C(CSc1nc2ccccc2c(=O)n1C1CC1)Nc1ccc(N2CCCCCC2)cc1. The Morgan fingerprint density at radius 2 is 1.72 bits per heavy atom. The third-order valence-corrected chi connectivity index (χ3v) is 7.09. The first-order valence-electron chi connectivity index (χ1n) is 11.5. The van der Waals surface area contributed by atoms with E-state index >= 15 is 0 Å². The highest BCUT2D eigenvalue weighted by molar-refractivity contribution is 7.99. The summed E-state index contributed by atoms with van der Waals surface area (Å²) < 4.78 is 1.77. The van der Waals surface area contributed by atoms with E-state index in [-0.39, 0.29) is 23.3 Å². The van der Waals surface area contributed by atoms with Crippen molar-refractivity contribution >= 4 is 39.9 Å². The fourth-order valence-corrected chi connectivity index (χ4v) is 5.16. The van der Waals surface area contributed by atoms with Crippen molar-refractivity contribution in [2.24, 2.45) is 0 Å². The second-order valence-electron chi connectivity index (χ2n) is 8.60. The van der Waals surface area contributed by atoms with E-state index in [1.54, 1.807) is 4.57 Å². The van der Waals surface area contributed by atoms with E-state index in [0.717, 1.165) is 31.6 Å². The average molecular weight is 449 g/mol. The summed E-state index contributed by atoms with van der Waals surface area (Å²) in [5, 5.41) is 4.24. The summed E-state index contributed by atoms with van der Waals surface area (Å²) in [5.74, 6) is 0.119. The number of aromatic nitrogens is 2. The van der Waals surface area contributed by atoms with Gasteiger partial charge in [0.15, 0.2) is 5.16 Å². The van der Waals surface area contributed by atoms with Gasteiger partial charge in [0, 0.05) is 30.5 Å². The van der Waals surface area contributed by atoms with Crippen molar-refractivity contribution in [2.45, 2.75) is 49.7 Å². The number of carbonyl (C=O) groups is 1.